The van der Waals surface area contributed by atoms with Gasteiger partial charge in [-0.1, -0.05) is 18.5 Å². The minimum Gasteiger partial charge on any atom is -0.364 e. The van der Waals surface area contributed by atoms with E-state index in [-0.39, 0.29) is 0 Å². The van der Waals surface area contributed by atoms with Gasteiger partial charge in [0.1, 0.15) is 0 Å². The van der Waals surface area contributed by atoms with E-state index in [4.69, 9.17) is 11.6 Å². The van der Waals surface area contributed by atoms with Gasteiger partial charge in [-0.05, 0) is 37.6 Å². The summed E-state index contributed by atoms with van der Waals surface area (Å²) in [7, 11) is 0. The van der Waals surface area contributed by atoms with Crippen molar-refractivity contribution in [3.8, 4) is 0 Å². The van der Waals surface area contributed by atoms with Crippen molar-refractivity contribution in [3.05, 3.63) is 35.5 Å². The van der Waals surface area contributed by atoms with Gasteiger partial charge in [-0.25, -0.2) is 0 Å². The quantitative estimate of drug-likeness (QED) is 0.918. The minimum absolute atomic E-state index is 0.493. The van der Waals surface area contributed by atoms with Crippen LogP contribution < -0.4 is 10.2 Å². The fraction of sp³-hybridized carbons (Fsp3) is 0.438. The molecule has 0 aliphatic carbocycles. The average Bonchev–Trinajstić information content (AvgIpc) is 2.48. The van der Waals surface area contributed by atoms with E-state index < -0.39 is 0 Å². The fourth-order valence-corrected chi connectivity index (χ4v) is 3.19. The van der Waals surface area contributed by atoms with Gasteiger partial charge in [0, 0.05) is 36.8 Å². The number of anilines is 1. The summed E-state index contributed by atoms with van der Waals surface area (Å²) in [6.07, 6.45) is 2.96. The molecule has 1 fully saturated rings. The van der Waals surface area contributed by atoms with Crippen molar-refractivity contribution in [2.75, 3.05) is 18.0 Å². The molecule has 2 heterocycles. The first-order valence-electron chi connectivity index (χ1n) is 7.24. The molecule has 20 heavy (non-hydrogen) atoms. The normalized spacial score (nSPS) is 23.2. The first-order chi connectivity index (χ1) is 9.70. The molecule has 4 heteroatoms. The van der Waals surface area contributed by atoms with E-state index in [9.17, 15) is 0 Å². The number of rotatable bonds is 2. The number of piperazine rings is 1. The highest BCUT2D eigenvalue weighted by Crippen LogP contribution is 2.32. The van der Waals surface area contributed by atoms with E-state index in [2.05, 4.69) is 35.1 Å². The van der Waals surface area contributed by atoms with Gasteiger partial charge in [0.05, 0.1) is 16.2 Å². The third-order valence-electron chi connectivity index (χ3n) is 4.09. The largest absolute Gasteiger partial charge is 0.364 e. The highest BCUT2D eigenvalue weighted by molar-refractivity contribution is 6.35. The van der Waals surface area contributed by atoms with Crippen LogP contribution in [0.4, 0.5) is 5.69 Å². The molecule has 0 radical (unpaired) electrons. The highest BCUT2D eigenvalue weighted by atomic mass is 35.5. The van der Waals surface area contributed by atoms with E-state index in [0.717, 1.165) is 35.4 Å². The van der Waals surface area contributed by atoms with Crippen LogP contribution in [-0.2, 0) is 0 Å². The van der Waals surface area contributed by atoms with E-state index in [1.165, 1.54) is 5.69 Å². The molecule has 1 aliphatic heterocycles. The summed E-state index contributed by atoms with van der Waals surface area (Å²) >= 11 is 6.30. The second-order valence-electron chi connectivity index (χ2n) is 5.49. The standard InChI is InChI=1S/C16H20ClN3/c1-3-12-9-19-11(2)10-20(12)15-7-6-14(17)13-5-4-8-18-16(13)15/h4-8,11-12,19H,3,9-10H2,1-2H3. The van der Waals surface area contributed by atoms with Crippen LogP contribution in [0.1, 0.15) is 20.3 Å². The molecule has 1 aliphatic rings. The molecule has 1 saturated heterocycles. The van der Waals surface area contributed by atoms with E-state index in [0.29, 0.717) is 12.1 Å². The van der Waals surface area contributed by atoms with Crippen LogP contribution in [0.2, 0.25) is 5.02 Å². The second-order valence-corrected chi connectivity index (χ2v) is 5.90. The molecule has 3 rings (SSSR count). The summed E-state index contributed by atoms with van der Waals surface area (Å²) in [4.78, 5) is 7.04. The predicted molar refractivity (Wildman–Crippen MR) is 85.6 cm³/mol. The number of benzene rings is 1. The van der Waals surface area contributed by atoms with Crippen LogP contribution in [0.25, 0.3) is 10.9 Å². The van der Waals surface area contributed by atoms with Gasteiger partial charge in [-0.15, -0.1) is 0 Å². The van der Waals surface area contributed by atoms with Gasteiger partial charge in [-0.2, -0.15) is 0 Å². The number of nitrogens with one attached hydrogen (secondary N) is 1. The van der Waals surface area contributed by atoms with Crippen LogP contribution in [-0.4, -0.2) is 30.2 Å². The van der Waals surface area contributed by atoms with Gasteiger partial charge < -0.3 is 10.2 Å². The summed E-state index contributed by atoms with van der Waals surface area (Å²) in [6, 6.07) is 9.08. The molecule has 0 spiro atoms. The number of halogens is 1. The summed E-state index contributed by atoms with van der Waals surface area (Å²) < 4.78 is 0. The third kappa shape index (κ3) is 2.36. The lowest BCUT2D eigenvalue weighted by Crippen LogP contribution is -2.55. The van der Waals surface area contributed by atoms with Crippen LogP contribution >= 0.6 is 11.6 Å². The van der Waals surface area contributed by atoms with Crippen LogP contribution in [0.15, 0.2) is 30.5 Å². The average molecular weight is 290 g/mol. The Kier molecular flexibility index (Phi) is 3.81. The first-order valence-corrected chi connectivity index (χ1v) is 7.61. The lowest BCUT2D eigenvalue weighted by molar-refractivity contribution is 0.403. The number of aromatic nitrogens is 1. The summed E-state index contributed by atoms with van der Waals surface area (Å²) in [6.45, 7) is 6.49. The molecule has 2 atom stereocenters. The SMILES string of the molecule is CCC1CNC(C)CN1c1ccc(Cl)c2cccnc12. The Hall–Kier alpha value is -1.32. The summed E-state index contributed by atoms with van der Waals surface area (Å²) in [5.41, 5.74) is 2.21. The molecule has 0 bridgehead atoms. The van der Waals surface area contributed by atoms with Crippen LogP contribution in [0.3, 0.4) is 0 Å². The van der Waals surface area contributed by atoms with Gasteiger partial charge >= 0.3 is 0 Å². The van der Waals surface area contributed by atoms with Crippen molar-refractivity contribution < 1.29 is 0 Å². The van der Waals surface area contributed by atoms with Crippen molar-refractivity contribution in [1.82, 2.24) is 10.3 Å². The second kappa shape index (κ2) is 5.58. The molecule has 2 unspecified atom stereocenters. The molecule has 0 saturated carbocycles. The molecule has 2 aromatic rings. The Morgan fingerprint density at radius 2 is 2.25 bits per heavy atom. The Bertz CT molecular complexity index is 614. The van der Waals surface area contributed by atoms with Gasteiger partial charge in [0.15, 0.2) is 0 Å². The van der Waals surface area contributed by atoms with Crippen molar-refractivity contribution in [2.24, 2.45) is 0 Å². The van der Waals surface area contributed by atoms with Crippen molar-refractivity contribution in [2.45, 2.75) is 32.4 Å². The minimum atomic E-state index is 0.493. The van der Waals surface area contributed by atoms with Crippen LogP contribution in [0, 0.1) is 0 Å². The monoisotopic (exact) mass is 289 g/mol. The maximum Gasteiger partial charge on any atom is 0.0950 e. The molecule has 1 aromatic heterocycles. The zero-order valence-corrected chi connectivity index (χ0v) is 12.7. The van der Waals surface area contributed by atoms with E-state index in [1.54, 1.807) is 0 Å². The zero-order chi connectivity index (χ0) is 14.1. The molecule has 0 amide bonds. The van der Waals surface area contributed by atoms with Gasteiger partial charge in [-0.3, -0.25) is 4.98 Å². The molecule has 1 aromatic carbocycles. The predicted octanol–water partition coefficient (Wildman–Crippen LogP) is 3.46. The smallest absolute Gasteiger partial charge is 0.0950 e. The van der Waals surface area contributed by atoms with Crippen molar-refractivity contribution in [3.63, 3.8) is 0 Å². The van der Waals surface area contributed by atoms with Gasteiger partial charge in [0.25, 0.3) is 0 Å². The summed E-state index contributed by atoms with van der Waals surface area (Å²) in [5.74, 6) is 0. The Labute approximate surface area is 124 Å². The van der Waals surface area contributed by atoms with Gasteiger partial charge in [0.2, 0.25) is 0 Å². The lowest BCUT2D eigenvalue weighted by atomic mass is 10.0. The molecule has 1 N–H and O–H groups in total. The molecule has 3 nitrogen and oxygen atoms in total. The van der Waals surface area contributed by atoms with E-state index in [1.807, 2.05) is 24.4 Å². The Balaban J connectivity index is 2.10. The van der Waals surface area contributed by atoms with E-state index >= 15 is 0 Å². The number of nitrogens with zero attached hydrogens (tertiary/aromatic N) is 2. The zero-order valence-electron chi connectivity index (χ0n) is 11.9. The molecular weight excluding hydrogens is 270 g/mol. The molecular formula is C16H20ClN3. The maximum atomic E-state index is 6.30. The number of hydrogen-bond acceptors (Lipinski definition) is 3. The Morgan fingerprint density at radius 3 is 3.05 bits per heavy atom. The lowest BCUT2D eigenvalue weighted by Gasteiger charge is -2.41. The highest BCUT2D eigenvalue weighted by Gasteiger charge is 2.26. The topological polar surface area (TPSA) is 28.2 Å². The summed E-state index contributed by atoms with van der Waals surface area (Å²) in [5, 5.41) is 5.36. The van der Waals surface area contributed by atoms with Crippen molar-refractivity contribution in [1.29, 1.82) is 0 Å². The maximum absolute atomic E-state index is 6.30. The fourth-order valence-electron chi connectivity index (χ4n) is 2.97. The number of hydrogen-bond donors (Lipinski definition) is 1. The van der Waals surface area contributed by atoms with Crippen LogP contribution in [0.5, 0.6) is 0 Å². The molecule has 106 valence electrons. The number of pyridine rings is 1. The van der Waals surface area contributed by atoms with Crippen molar-refractivity contribution >= 4 is 28.2 Å². The number of fused-ring (bicyclic) bond motifs is 1. The third-order valence-corrected chi connectivity index (χ3v) is 4.42. The Morgan fingerprint density at radius 1 is 1.40 bits per heavy atom. The first kappa shape index (κ1) is 13.7.